The number of hydrogen-bond acceptors (Lipinski definition) is 3. The van der Waals surface area contributed by atoms with Crippen molar-refractivity contribution in [2.24, 2.45) is 0 Å². The Labute approximate surface area is 110 Å². The van der Waals surface area contributed by atoms with E-state index in [0.717, 1.165) is 12.1 Å². The molecule has 1 amide bonds. The molecule has 0 saturated heterocycles. The number of amides is 1. The van der Waals surface area contributed by atoms with Crippen molar-refractivity contribution in [2.75, 3.05) is 18.4 Å². The first-order chi connectivity index (χ1) is 8.85. The summed E-state index contributed by atoms with van der Waals surface area (Å²) in [4.78, 5) is 11.5. The molecule has 0 aliphatic rings. The molecule has 0 aliphatic heterocycles. The minimum atomic E-state index is -0.913. The maximum atomic E-state index is 13.3. The zero-order chi connectivity index (χ0) is 14.5. The topological polar surface area (TPSA) is 61.4 Å². The standard InChI is InChI=1S/C13H18F2N2O2/c1-3-13(2,19)8-16-7-11(18)17-12-9(14)5-4-6-10(12)15/h4-6,16,19H,3,7-8H2,1-2H3,(H,17,18). The highest BCUT2D eigenvalue weighted by Crippen LogP contribution is 2.17. The summed E-state index contributed by atoms with van der Waals surface area (Å²) in [7, 11) is 0. The van der Waals surface area contributed by atoms with Crippen molar-refractivity contribution in [3.8, 4) is 0 Å². The number of halogens is 2. The van der Waals surface area contributed by atoms with Crippen molar-refractivity contribution in [1.82, 2.24) is 5.32 Å². The Morgan fingerprint density at radius 1 is 1.37 bits per heavy atom. The molecule has 106 valence electrons. The Morgan fingerprint density at radius 3 is 2.47 bits per heavy atom. The maximum absolute atomic E-state index is 13.3. The van der Waals surface area contributed by atoms with Gasteiger partial charge in [0.1, 0.15) is 17.3 Å². The van der Waals surface area contributed by atoms with E-state index in [0.29, 0.717) is 6.42 Å². The summed E-state index contributed by atoms with van der Waals surface area (Å²) >= 11 is 0. The van der Waals surface area contributed by atoms with Gasteiger partial charge < -0.3 is 15.7 Å². The van der Waals surface area contributed by atoms with Crippen LogP contribution in [-0.2, 0) is 4.79 Å². The average Bonchev–Trinajstić information content (AvgIpc) is 2.34. The third kappa shape index (κ3) is 4.92. The van der Waals surface area contributed by atoms with Gasteiger partial charge in [0.15, 0.2) is 0 Å². The molecule has 1 rings (SSSR count). The van der Waals surface area contributed by atoms with E-state index < -0.39 is 28.8 Å². The zero-order valence-electron chi connectivity index (χ0n) is 11.0. The van der Waals surface area contributed by atoms with Crippen molar-refractivity contribution in [2.45, 2.75) is 25.9 Å². The Morgan fingerprint density at radius 2 is 1.95 bits per heavy atom. The van der Waals surface area contributed by atoms with Gasteiger partial charge in [-0.2, -0.15) is 0 Å². The predicted octanol–water partition coefficient (Wildman–Crippen LogP) is 1.65. The van der Waals surface area contributed by atoms with Crippen LogP contribution in [0, 0.1) is 11.6 Å². The van der Waals surface area contributed by atoms with Crippen LogP contribution in [-0.4, -0.2) is 29.7 Å². The summed E-state index contributed by atoms with van der Waals surface area (Å²) in [5.41, 5.74) is -1.37. The predicted molar refractivity (Wildman–Crippen MR) is 68.8 cm³/mol. The summed E-state index contributed by atoms with van der Waals surface area (Å²) < 4.78 is 26.5. The Bertz CT molecular complexity index is 430. The first-order valence-corrected chi connectivity index (χ1v) is 6.02. The number of aliphatic hydroxyl groups is 1. The summed E-state index contributed by atoms with van der Waals surface area (Å²) in [5, 5.41) is 14.6. The fourth-order valence-corrected chi connectivity index (χ4v) is 1.37. The molecule has 0 heterocycles. The molecule has 3 N–H and O–H groups in total. The van der Waals surface area contributed by atoms with E-state index in [1.165, 1.54) is 6.07 Å². The third-order valence-electron chi connectivity index (χ3n) is 2.78. The van der Waals surface area contributed by atoms with E-state index in [1.807, 2.05) is 6.92 Å². The third-order valence-corrected chi connectivity index (χ3v) is 2.78. The molecule has 6 heteroatoms. The van der Waals surface area contributed by atoms with Crippen LogP contribution in [0.15, 0.2) is 18.2 Å². The maximum Gasteiger partial charge on any atom is 0.238 e. The van der Waals surface area contributed by atoms with Crippen molar-refractivity contribution in [1.29, 1.82) is 0 Å². The van der Waals surface area contributed by atoms with E-state index >= 15 is 0 Å². The number of rotatable bonds is 6. The number of para-hydroxylation sites is 1. The number of benzene rings is 1. The fraction of sp³-hybridized carbons (Fsp3) is 0.462. The molecule has 1 unspecified atom stereocenters. The summed E-state index contributed by atoms with van der Waals surface area (Å²) in [6.07, 6.45) is 0.531. The molecule has 0 spiro atoms. The quantitative estimate of drug-likeness (QED) is 0.738. The Balaban J connectivity index is 2.48. The molecule has 0 radical (unpaired) electrons. The summed E-state index contributed by atoms with van der Waals surface area (Å²) in [6, 6.07) is 3.35. The number of nitrogens with one attached hydrogen (secondary N) is 2. The monoisotopic (exact) mass is 272 g/mol. The summed E-state index contributed by atoms with van der Waals surface area (Å²) in [5.74, 6) is -2.22. The molecular weight excluding hydrogens is 254 g/mol. The van der Waals surface area contributed by atoms with Crippen molar-refractivity contribution in [3.05, 3.63) is 29.8 Å². The van der Waals surface area contributed by atoms with Gasteiger partial charge in [0.05, 0.1) is 12.1 Å². The minimum absolute atomic E-state index is 0.135. The van der Waals surface area contributed by atoms with Crippen LogP contribution in [0.1, 0.15) is 20.3 Å². The van der Waals surface area contributed by atoms with Crippen LogP contribution in [0.5, 0.6) is 0 Å². The molecule has 0 aromatic heterocycles. The summed E-state index contributed by atoms with van der Waals surface area (Å²) in [6.45, 7) is 3.53. The molecule has 0 bridgehead atoms. The lowest BCUT2D eigenvalue weighted by Crippen LogP contribution is -2.40. The van der Waals surface area contributed by atoms with E-state index in [4.69, 9.17) is 0 Å². The smallest absolute Gasteiger partial charge is 0.238 e. The van der Waals surface area contributed by atoms with E-state index in [9.17, 15) is 18.7 Å². The molecule has 0 saturated carbocycles. The van der Waals surface area contributed by atoms with Gasteiger partial charge in [-0.1, -0.05) is 13.0 Å². The first-order valence-electron chi connectivity index (χ1n) is 6.02. The molecule has 1 aromatic carbocycles. The van der Waals surface area contributed by atoms with Gasteiger partial charge in [0, 0.05) is 6.54 Å². The molecular formula is C13H18F2N2O2. The van der Waals surface area contributed by atoms with Crippen LogP contribution in [0.25, 0.3) is 0 Å². The van der Waals surface area contributed by atoms with Crippen molar-refractivity contribution < 1.29 is 18.7 Å². The second-order valence-electron chi connectivity index (χ2n) is 4.60. The average molecular weight is 272 g/mol. The van der Waals surface area contributed by atoms with E-state index in [2.05, 4.69) is 10.6 Å². The fourth-order valence-electron chi connectivity index (χ4n) is 1.37. The number of anilines is 1. The van der Waals surface area contributed by atoms with Crippen LogP contribution in [0.3, 0.4) is 0 Å². The molecule has 4 nitrogen and oxygen atoms in total. The number of carbonyl (C=O) groups excluding carboxylic acids is 1. The Hall–Kier alpha value is -1.53. The van der Waals surface area contributed by atoms with Crippen molar-refractivity contribution >= 4 is 11.6 Å². The highest BCUT2D eigenvalue weighted by atomic mass is 19.1. The molecule has 19 heavy (non-hydrogen) atoms. The van der Waals surface area contributed by atoms with Crippen LogP contribution in [0.2, 0.25) is 0 Å². The Kier molecular flexibility index (Phi) is 5.38. The lowest BCUT2D eigenvalue weighted by molar-refractivity contribution is -0.115. The lowest BCUT2D eigenvalue weighted by Gasteiger charge is -2.21. The van der Waals surface area contributed by atoms with Gasteiger partial charge in [0.25, 0.3) is 0 Å². The van der Waals surface area contributed by atoms with Gasteiger partial charge in [-0.3, -0.25) is 4.79 Å². The minimum Gasteiger partial charge on any atom is -0.389 e. The van der Waals surface area contributed by atoms with Gasteiger partial charge in [0.2, 0.25) is 5.91 Å². The normalized spacial score (nSPS) is 13.9. The second kappa shape index (κ2) is 6.58. The van der Waals surface area contributed by atoms with Gasteiger partial charge in [-0.25, -0.2) is 8.78 Å². The van der Waals surface area contributed by atoms with E-state index in [-0.39, 0.29) is 13.1 Å². The van der Waals surface area contributed by atoms with Gasteiger partial charge in [-0.05, 0) is 25.5 Å². The van der Waals surface area contributed by atoms with Gasteiger partial charge >= 0.3 is 0 Å². The number of carbonyl (C=O) groups is 1. The van der Waals surface area contributed by atoms with Crippen molar-refractivity contribution in [3.63, 3.8) is 0 Å². The van der Waals surface area contributed by atoms with Gasteiger partial charge in [-0.15, -0.1) is 0 Å². The van der Waals surface area contributed by atoms with E-state index in [1.54, 1.807) is 6.92 Å². The van der Waals surface area contributed by atoms with Crippen LogP contribution >= 0.6 is 0 Å². The molecule has 1 aromatic rings. The largest absolute Gasteiger partial charge is 0.389 e. The molecule has 0 fully saturated rings. The first kappa shape index (κ1) is 15.5. The SMILES string of the molecule is CCC(C)(O)CNCC(=O)Nc1c(F)cccc1F. The molecule has 1 atom stereocenters. The highest BCUT2D eigenvalue weighted by Gasteiger charge is 2.17. The zero-order valence-corrected chi connectivity index (χ0v) is 11.0. The van der Waals surface area contributed by atoms with Crippen LogP contribution in [0.4, 0.5) is 14.5 Å². The highest BCUT2D eigenvalue weighted by molar-refractivity contribution is 5.92. The second-order valence-corrected chi connectivity index (χ2v) is 4.60. The van der Waals surface area contributed by atoms with Crippen LogP contribution < -0.4 is 10.6 Å². The lowest BCUT2D eigenvalue weighted by atomic mass is 10.0. The molecule has 0 aliphatic carbocycles. The number of hydrogen-bond donors (Lipinski definition) is 3.